The zero-order valence-electron chi connectivity index (χ0n) is 8.05. The highest BCUT2D eigenvalue weighted by molar-refractivity contribution is 5.38. The van der Waals surface area contributed by atoms with Gasteiger partial charge in [-0.15, -0.1) is 0 Å². The normalized spacial score (nSPS) is 10.7. The lowest BCUT2D eigenvalue weighted by molar-refractivity contribution is 0.145. The summed E-state index contributed by atoms with van der Waals surface area (Å²) < 4.78 is 30.0. The van der Waals surface area contributed by atoms with E-state index >= 15 is 0 Å². The van der Waals surface area contributed by atoms with Crippen LogP contribution in [0.1, 0.15) is 23.4 Å². The third-order valence-corrected chi connectivity index (χ3v) is 1.91. The van der Waals surface area contributed by atoms with E-state index < -0.39 is 6.43 Å². The molecule has 78 valence electrons. The van der Waals surface area contributed by atoms with Gasteiger partial charge in [-0.2, -0.15) is 0 Å². The number of hydrogen-bond acceptors (Lipinski definition) is 3. The molecule has 0 bridgehead atoms. The second kappa shape index (κ2) is 4.32. The molecular weight excluding hydrogens is 190 g/mol. The molecule has 0 amide bonds. The number of alkyl halides is 2. The van der Waals surface area contributed by atoms with E-state index in [1.54, 1.807) is 0 Å². The monoisotopic (exact) mass is 202 g/mol. The minimum Gasteiger partial charge on any atom is -0.496 e. The maximum Gasteiger partial charge on any atom is 0.269 e. The van der Waals surface area contributed by atoms with Gasteiger partial charge in [0.1, 0.15) is 5.75 Å². The molecule has 0 aliphatic heterocycles. The van der Waals surface area contributed by atoms with Crippen LogP contribution in [-0.4, -0.2) is 12.1 Å². The highest BCUT2D eigenvalue weighted by Crippen LogP contribution is 2.31. The molecule has 0 atom stereocenters. The molecule has 14 heavy (non-hydrogen) atoms. The van der Waals surface area contributed by atoms with Crippen LogP contribution in [0, 0.1) is 6.92 Å². The molecule has 2 N–H and O–H groups in total. The fourth-order valence-electron chi connectivity index (χ4n) is 1.25. The van der Waals surface area contributed by atoms with Crippen LogP contribution in [0.15, 0.2) is 6.07 Å². The molecule has 1 heterocycles. The largest absolute Gasteiger partial charge is 0.496 e. The molecule has 1 aromatic heterocycles. The van der Waals surface area contributed by atoms with Gasteiger partial charge >= 0.3 is 0 Å². The van der Waals surface area contributed by atoms with Gasteiger partial charge in [0.15, 0.2) is 0 Å². The van der Waals surface area contributed by atoms with Crippen LogP contribution in [0.3, 0.4) is 0 Å². The Morgan fingerprint density at radius 3 is 2.64 bits per heavy atom. The first-order chi connectivity index (χ1) is 6.60. The predicted molar refractivity (Wildman–Crippen MR) is 48.4 cm³/mol. The molecule has 0 aliphatic carbocycles. The molecule has 1 rings (SSSR count). The summed E-state index contributed by atoms with van der Waals surface area (Å²) in [6.07, 6.45) is -2.58. The molecular formula is C9H12F2N2O. The Morgan fingerprint density at radius 2 is 2.21 bits per heavy atom. The highest BCUT2D eigenvalue weighted by Gasteiger charge is 2.18. The van der Waals surface area contributed by atoms with Crippen molar-refractivity contribution in [3.8, 4) is 5.75 Å². The summed E-state index contributed by atoms with van der Waals surface area (Å²) in [5, 5.41) is 0. The molecule has 1 aromatic rings. The standard InChI is InChI=1S/C9H12F2N2O/c1-5-8(9(10)11)7(14-2)3-6(4-12)13-5/h3,9H,4,12H2,1-2H3. The van der Waals surface area contributed by atoms with Crippen LogP contribution in [0.5, 0.6) is 5.75 Å². The molecule has 0 saturated heterocycles. The first kappa shape index (κ1) is 10.8. The molecule has 0 aromatic carbocycles. The van der Waals surface area contributed by atoms with E-state index in [4.69, 9.17) is 10.5 Å². The fraction of sp³-hybridized carbons (Fsp3) is 0.444. The third kappa shape index (κ3) is 1.98. The molecule has 3 nitrogen and oxygen atoms in total. The van der Waals surface area contributed by atoms with E-state index in [9.17, 15) is 8.78 Å². The summed E-state index contributed by atoms with van der Waals surface area (Å²) in [7, 11) is 1.35. The van der Waals surface area contributed by atoms with Crippen molar-refractivity contribution in [3.63, 3.8) is 0 Å². The van der Waals surface area contributed by atoms with E-state index in [1.807, 2.05) is 0 Å². The van der Waals surface area contributed by atoms with Crippen molar-refractivity contribution >= 4 is 0 Å². The lowest BCUT2D eigenvalue weighted by Gasteiger charge is -2.11. The van der Waals surface area contributed by atoms with Crippen molar-refractivity contribution in [1.82, 2.24) is 4.98 Å². The Labute approximate surface area is 80.9 Å². The lowest BCUT2D eigenvalue weighted by Crippen LogP contribution is -2.05. The maximum absolute atomic E-state index is 12.6. The van der Waals surface area contributed by atoms with Crippen LogP contribution in [0.2, 0.25) is 0 Å². The van der Waals surface area contributed by atoms with Gasteiger partial charge in [-0.25, -0.2) is 8.78 Å². The average Bonchev–Trinajstić information content (AvgIpc) is 2.15. The van der Waals surface area contributed by atoms with Crippen LogP contribution in [0.25, 0.3) is 0 Å². The van der Waals surface area contributed by atoms with Crippen molar-refractivity contribution in [3.05, 3.63) is 23.0 Å². The number of halogens is 2. The third-order valence-electron chi connectivity index (χ3n) is 1.91. The van der Waals surface area contributed by atoms with E-state index in [0.717, 1.165) is 0 Å². The Morgan fingerprint density at radius 1 is 1.57 bits per heavy atom. The van der Waals surface area contributed by atoms with Crippen molar-refractivity contribution in [2.24, 2.45) is 5.73 Å². The number of methoxy groups -OCH3 is 1. The molecule has 0 unspecified atom stereocenters. The first-order valence-corrected chi connectivity index (χ1v) is 4.12. The Balaban J connectivity index is 3.27. The van der Waals surface area contributed by atoms with Gasteiger partial charge in [0.05, 0.1) is 24.1 Å². The molecule has 0 saturated carbocycles. The topological polar surface area (TPSA) is 48.1 Å². The summed E-state index contributed by atoms with van der Waals surface area (Å²) in [6, 6.07) is 1.44. The van der Waals surface area contributed by atoms with E-state index in [0.29, 0.717) is 5.69 Å². The first-order valence-electron chi connectivity index (χ1n) is 4.12. The maximum atomic E-state index is 12.6. The van der Waals surface area contributed by atoms with Gasteiger partial charge in [0, 0.05) is 12.6 Å². The van der Waals surface area contributed by atoms with E-state index in [1.165, 1.54) is 20.1 Å². The van der Waals surface area contributed by atoms with Crippen LogP contribution >= 0.6 is 0 Å². The number of rotatable bonds is 3. The lowest BCUT2D eigenvalue weighted by atomic mass is 10.1. The Hall–Kier alpha value is -1.23. The van der Waals surface area contributed by atoms with Crippen molar-refractivity contribution in [1.29, 1.82) is 0 Å². The van der Waals surface area contributed by atoms with Crippen molar-refractivity contribution in [2.75, 3.05) is 7.11 Å². The molecule has 0 fully saturated rings. The summed E-state index contributed by atoms with van der Waals surface area (Å²) in [5.41, 5.74) is 6.01. The number of aromatic nitrogens is 1. The fourth-order valence-corrected chi connectivity index (χ4v) is 1.25. The van der Waals surface area contributed by atoms with Gasteiger partial charge < -0.3 is 10.5 Å². The predicted octanol–water partition coefficient (Wildman–Crippen LogP) is 1.79. The van der Waals surface area contributed by atoms with Gasteiger partial charge in [0.25, 0.3) is 6.43 Å². The van der Waals surface area contributed by atoms with E-state index in [2.05, 4.69) is 4.98 Å². The quantitative estimate of drug-likeness (QED) is 0.812. The zero-order valence-corrected chi connectivity index (χ0v) is 8.05. The highest BCUT2D eigenvalue weighted by atomic mass is 19.3. The average molecular weight is 202 g/mol. The summed E-state index contributed by atoms with van der Waals surface area (Å²) in [6.45, 7) is 1.73. The molecule has 0 spiro atoms. The molecule has 0 radical (unpaired) electrons. The molecule has 0 aliphatic rings. The van der Waals surface area contributed by atoms with E-state index in [-0.39, 0.29) is 23.6 Å². The van der Waals surface area contributed by atoms with Gasteiger partial charge in [-0.05, 0) is 6.92 Å². The molecule has 5 heteroatoms. The SMILES string of the molecule is COc1cc(CN)nc(C)c1C(F)F. The smallest absolute Gasteiger partial charge is 0.269 e. The summed E-state index contributed by atoms with van der Waals surface area (Å²) in [5.74, 6) is 0.146. The zero-order chi connectivity index (χ0) is 10.7. The number of aryl methyl sites for hydroxylation is 1. The number of ether oxygens (including phenoxy) is 1. The minimum absolute atomic E-state index is 0.146. The van der Waals surface area contributed by atoms with Crippen LogP contribution < -0.4 is 10.5 Å². The number of pyridine rings is 1. The van der Waals surface area contributed by atoms with Crippen LogP contribution in [0.4, 0.5) is 8.78 Å². The second-order valence-electron chi connectivity index (χ2n) is 2.82. The van der Waals surface area contributed by atoms with Crippen LogP contribution in [-0.2, 0) is 6.54 Å². The Bertz CT molecular complexity index is 329. The number of nitrogens with two attached hydrogens (primary N) is 1. The summed E-state index contributed by atoms with van der Waals surface area (Å²) >= 11 is 0. The van der Waals surface area contributed by atoms with Crippen molar-refractivity contribution in [2.45, 2.75) is 19.9 Å². The minimum atomic E-state index is -2.58. The number of nitrogens with zero attached hydrogens (tertiary/aromatic N) is 1. The van der Waals surface area contributed by atoms with Crippen molar-refractivity contribution < 1.29 is 13.5 Å². The number of hydrogen-bond donors (Lipinski definition) is 1. The van der Waals surface area contributed by atoms with Gasteiger partial charge in [-0.1, -0.05) is 0 Å². The second-order valence-corrected chi connectivity index (χ2v) is 2.82. The Kier molecular flexibility index (Phi) is 3.35. The van der Waals surface area contributed by atoms with Gasteiger partial charge in [-0.3, -0.25) is 4.98 Å². The summed E-state index contributed by atoms with van der Waals surface area (Å²) in [4.78, 5) is 3.94. The van der Waals surface area contributed by atoms with Gasteiger partial charge in [0.2, 0.25) is 0 Å².